The van der Waals surface area contributed by atoms with Gasteiger partial charge in [0.15, 0.2) is 0 Å². The number of benzene rings is 2. The van der Waals surface area contributed by atoms with Crippen LogP contribution in [0.5, 0.6) is 0 Å². The van der Waals surface area contributed by atoms with Gasteiger partial charge < -0.3 is 0 Å². The Labute approximate surface area is 186 Å². The monoisotopic (exact) mass is 406 g/mol. The summed E-state index contributed by atoms with van der Waals surface area (Å²) in [5.41, 5.74) is 6.50. The fourth-order valence-corrected chi connectivity index (χ4v) is 2.97. The van der Waals surface area contributed by atoms with Crippen molar-refractivity contribution in [1.82, 2.24) is 9.97 Å². The lowest BCUT2D eigenvalue weighted by Crippen LogP contribution is -1.90. The summed E-state index contributed by atoms with van der Waals surface area (Å²) in [5, 5.41) is 2.51. The molecule has 4 rings (SSSR count). The van der Waals surface area contributed by atoms with E-state index in [-0.39, 0.29) is 0 Å². The number of rotatable bonds is 3. The molecule has 2 aromatic carbocycles. The Morgan fingerprint density at radius 3 is 2.13 bits per heavy atom. The first-order valence-electron chi connectivity index (χ1n) is 10.2. The lowest BCUT2D eigenvalue weighted by atomic mass is 10.1. The normalized spacial score (nSPS) is 9.52. The van der Waals surface area contributed by atoms with Crippen LogP contribution >= 0.6 is 0 Å². The summed E-state index contributed by atoms with van der Waals surface area (Å²) < 4.78 is 0. The van der Waals surface area contributed by atoms with Crippen molar-refractivity contribution < 1.29 is 0 Å². The van der Waals surface area contributed by atoms with E-state index in [9.17, 15) is 0 Å². The molecule has 0 unspecified atom stereocenters. The average Bonchev–Trinajstić information content (AvgIpc) is 2.80. The minimum Gasteiger partial charge on any atom is -0.264 e. The second-order valence-corrected chi connectivity index (χ2v) is 7.03. The molecule has 0 N–H and O–H groups in total. The summed E-state index contributed by atoms with van der Waals surface area (Å²) in [6, 6.07) is 20.7. The second kappa shape index (κ2) is 12.0. The highest BCUT2D eigenvalue weighted by molar-refractivity contribution is 5.84. The topological polar surface area (TPSA) is 25.8 Å². The van der Waals surface area contributed by atoms with Crippen LogP contribution in [-0.2, 0) is 0 Å². The Kier molecular flexibility index (Phi) is 9.13. The molecule has 2 aromatic heterocycles. The molecule has 0 saturated heterocycles. The van der Waals surface area contributed by atoms with Crippen molar-refractivity contribution >= 4 is 22.9 Å². The molecule has 0 aliphatic heterocycles. The molecule has 0 radical (unpaired) electrons. The highest BCUT2D eigenvalue weighted by atomic mass is 14.7. The van der Waals surface area contributed by atoms with Gasteiger partial charge in [-0.25, -0.2) is 4.98 Å². The van der Waals surface area contributed by atoms with Crippen molar-refractivity contribution in [3.8, 4) is 11.3 Å². The zero-order valence-electron chi connectivity index (χ0n) is 18.7. The van der Waals surface area contributed by atoms with Gasteiger partial charge in [0.25, 0.3) is 0 Å². The number of aromatic nitrogens is 2. The smallest absolute Gasteiger partial charge is 0.0709 e. The van der Waals surface area contributed by atoms with Crippen LogP contribution in [0, 0.1) is 13.8 Å². The molecule has 0 fully saturated rings. The number of hydrogen-bond acceptors (Lipinski definition) is 2. The fraction of sp³-hybridized carbons (Fsp3) is 0.103. The van der Waals surface area contributed by atoms with Gasteiger partial charge in [0.1, 0.15) is 0 Å². The van der Waals surface area contributed by atoms with Crippen LogP contribution in [0.25, 0.3) is 34.2 Å². The summed E-state index contributed by atoms with van der Waals surface area (Å²) in [4.78, 5) is 8.65. The Morgan fingerprint density at radius 1 is 0.806 bits per heavy atom. The van der Waals surface area contributed by atoms with Gasteiger partial charge in [-0.2, -0.15) is 0 Å². The van der Waals surface area contributed by atoms with Gasteiger partial charge in [0, 0.05) is 23.3 Å². The molecule has 31 heavy (non-hydrogen) atoms. The van der Waals surface area contributed by atoms with Gasteiger partial charge in [0.2, 0.25) is 0 Å². The third-order valence-electron chi connectivity index (χ3n) is 4.62. The molecular weight excluding hydrogens is 376 g/mol. The molecule has 2 heteroatoms. The van der Waals surface area contributed by atoms with Gasteiger partial charge in [-0.05, 0) is 55.5 Å². The summed E-state index contributed by atoms with van der Waals surface area (Å²) in [6.45, 7) is 17.0. The van der Waals surface area contributed by atoms with E-state index < -0.39 is 0 Å². The third kappa shape index (κ3) is 6.61. The summed E-state index contributed by atoms with van der Waals surface area (Å²) in [7, 11) is 0. The summed E-state index contributed by atoms with van der Waals surface area (Å²) in [5.74, 6) is 0. The van der Waals surface area contributed by atoms with Gasteiger partial charge >= 0.3 is 0 Å². The maximum absolute atomic E-state index is 4.57. The van der Waals surface area contributed by atoms with Crippen molar-refractivity contribution in [1.29, 1.82) is 0 Å². The number of pyridine rings is 2. The molecule has 2 heterocycles. The van der Waals surface area contributed by atoms with E-state index in [4.69, 9.17) is 0 Å². The van der Waals surface area contributed by atoms with Crippen LogP contribution in [0.4, 0.5) is 0 Å². The quantitative estimate of drug-likeness (QED) is 0.321. The maximum atomic E-state index is 4.57. The lowest BCUT2D eigenvalue weighted by molar-refractivity contribution is 1.28. The van der Waals surface area contributed by atoms with E-state index in [1.807, 2.05) is 37.5 Å². The zero-order chi connectivity index (χ0) is 22.6. The van der Waals surface area contributed by atoms with Crippen molar-refractivity contribution in [2.75, 3.05) is 0 Å². The first-order valence-corrected chi connectivity index (χ1v) is 10.2. The molecule has 0 bridgehead atoms. The van der Waals surface area contributed by atoms with E-state index >= 15 is 0 Å². The maximum Gasteiger partial charge on any atom is 0.0709 e. The third-order valence-corrected chi connectivity index (χ3v) is 4.62. The van der Waals surface area contributed by atoms with E-state index in [1.54, 1.807) is 18.2 Å². The van der Waals surface area contributed by atoms with Crippen LogP contribution < -0.4 is 0 Å². The molecule has 0 spiro atoms. The second-order valence-electron chi connectivity index (χ2n) is 7.03. The Bertz CT molecular complexity index is 1150. The summed E-state index contributed by atoms with van der Waals surface area (Å²) >= 11 is 0. The van der Waals surface area contributed by atoms with E-state index in [2.05, 4.69) is 86.0 Å². The number of fused-ring (bicyclic) bond motifs is 1. The Morgan fingerprint density at radius 2 is 1.52 bits per heavy atom. The van der Waals surface area contributed by atoms with E-state index in [0.717, 1.165) is 22.5 Å². The molecule has 0 saturated carbocycles. The lowest BCUT2D eigenvalue weighted by Gasteiger charge is -2.05. The van der Waals surface area contributed by atoms with Crippen molar-refractivity contribution in [2.24, 2.45) is 0 Å². The van der Waals surface area contributed by atoms with Crippen molar-refractivity contribution in [2.45, 2.75) is 20.8 Å². The summed E-state index contributed by atoms with van der Waals surface area (Å²) in [6.07, 6.45) is 9.03. The predicted octanol–water partition coefficient (Wildman–Crippen LogP) is 8.08. The first kappa shape index (κ1) is 23.5. The van der Waals surface area contributed by atoms with Crippen LogP contribution in [-0.4, -0.2) is 9.97 Å². The van der Waals surface area contributed by atoms with Crippen LogP contribution in [0.1, 0.15) is 29.3 Å². The Balaban J connectivity index is 0.000000209. The molecule has 4 aromatic rings. The largest absolute Gasteiger partial charge is 0.264 e. The fourth-order valence-electron chi connectivity index (χ4n) is 2.97. The van der Waals surface area contributed by atoms with E-state index in [1.165, 1.54) is 21.9 Å². The standard InChI is InChI=1S/C16H15N.C10H9N.C3H6/c1-4-13-10-11-16(17-15(13)5-2)14-8-6-12(3)7-9-14;1-8-3-2-4-9-5-6-11-7-10(8)9;1-3-2/h4-11H,1-2H2,3H3;2-7H,1H3;3H,1H2,2H3. The van der Waals surface area contributed by atoms with Crippen LogP contribution in [0.2, 0.25) is 0 Å². The average molecular weight is 407 g/mol. The molecular formula is C29H30N2. The minimum atomic E-state index is 0.873. The highest BCUT2D eigenvalue weighted by Crippen LogP contribution is 2.20. The predicted molar refractivity (Wildman–Crippen MR) is 137 cm³/mol. The minimum absolute atomic E-state index is 0.873. The van der Waals surface area contributed by atoms with Gasteiger partial charge in [-0.3, -0.25) is 4.98 Å². The Hall–Kier alpha value is -3.78. The SMILES string of the molecule is C=CC.C=Cc1ccc(-c2ccc(C)cc2)nc1C=C.Cc1cccc2ccncc12. The molecule has 156 valence electrons. The van der Waals surface area contributed by atoms with Crippen LogP contribution in [0.15, 0.2) is 98.9 Å². The molecule has 0 atom stereocenters. The molecule has 0 amide bonds. The first-order chi connectivity index (χ1) is 15.0. The molecule has 0 aliphatic carbocycles. The number of allylic oxidation sites excluding steroid dienone is 1. The van der Waals surface area contributed by atoms with Gasteiger partial charge in [-0.1, -0.05) is 79.4 Å². The molecule has 0 aliphatic rings. The van der Waals surface area contributed by atoms with Crippen molar-refractivity contribution in [3.05, 3.63) is 121 Å². The van der Waals surface area contributed by atoms with E-state index in [0.29, 0.717) is 0 Å². The molecule has 2 nitrogen and oxygen atoms in total. The number of nitrogens with zero attached hydrogens (tertiary/aromatic N) is 2. The van der Waals surface area contributed by atoms with Gasteiger partial charge in [-0.15, -0.1) is 6.58 Å². The van der Waals surface area contributed by atoms with Crippen LogP contribution in [0.3, 0.4) is 0 Å². The zero-order valence-corrected chi connectivity index (χ0v) is 18.7. The highest BCUT2D eigenvalue weighted by Gasteiger charge is 2.02. The number of hydrogen-bond donors (Lipinski definition) is 0. The van der Waals surface area contributed by atoms with Crippen molar-refractivity contribution in [3.63, 3.8) is 0 Å². The van der Waals surface area contributed by atoms with Gasteiger partial charge in [0.05, 0.1) is 11.4 Å². The number of aryl methyl sites for hydroxylation is 2.